The number of para-hydroxylation sites is 1. The molecule has 1 aliphatic rings. The lowest BCUT2D eigenvalue weighted by Crippen LogP contribution is -2.50. The monoisotopic (exact) mass is 403 g/mol. The molecule has 0 saturated carbocycles. The Hall–Kier alpha value is -2.35. The van der Waals surface area contributed by atoms with Crippen LogP contribution >= 0.6 is 11.3 Å². The maximum Gasteiger partial charge on any atom is 0.409 e. The van der Waals surface area contributed by atoms with Crippen molar-refractivity contribution in [2.75, 3.05) is 33.3 Å². The fraction of sp³-hybridized carbons (Fsp3) is 0.550. The minimum atomic E-state index is -0.210. The average Bonchev–Trinajstić information content (AvgIpc) is 3.13. The SMILES string of the molecule is CCOC(=O)N1CCC(NC(=NC)NCCCc2nc3ccccc3s2)CC1. The molecule has 28 heavy (non-hydrogen) atoms. The number of piperidine rings is 1. The van der Waals surface area contributed by atoms with Crippen molar-refractivity contribution in [2.45, 2.75) is 38.6 Å². The third-order valence-corrected chi connectivity index (χ3v) is 5.88. The fourth-order valence-electron chi connectivity index (χ4n) is 3.28. The van der Waals surface area contributed by atoms with E-state index in [9.17, 15) is 4.79 Å². The number of ether oxygens (including phenoxy) is 1. The number of amides is 1. The summed E-state index contributed by atoms with van der Waals surface area (Å²) in [5, 5.41) is 8.03. The zero-order valence-electron chi connectivity index (χ0n) is 16.6. The van der Waals surface area contributed by atoms with Crippen LogP contribution in [0.2, 0.25) is 0 Å². The zero-order valence-corrected chi connectivity index (χ0v) is 17.4. The second-order valence-electron chi connectivity index (χ2n) is 6.78. The first-order chi connectivity index (χ1) is 13.7. The molecule has 2 N–H and O–H groups in total. The van der Waals surface area contributed by atoms with Gasteiger partial charge in [0.1, 0.15) is 0 Å². The molecule has 1 amide bonds. The first-order valence-electron chi connectivity index (χ1n) is 9.93. The van der Waals surface area contributed by atoms with Gasteiger partial charge in [-0.1, -0.05) is 12.1 Å². The third kappa shape index (κ3) is 5.58. The van der Waals surface area contributed by atoms with Gasteiger partial charge in [-0.2, -0.15) is 0 Å². The van der Waals surface area contributed by atoms with E-state index >= 15 is 0 Å². The van der Waals surface area contributed by atoms with Crippen molar-refractivity contribution in [3.05, 3.63) is 29.3 Å². The number of thiazole rings is 1. The molecule has 1 saturated heterocycles. The van der Waals surface area contributed by atoms with E-state index in [0.717, 1.165) is 43.7 Å². The predicted octanol–water partition coefficient (Wildman–Crippen LogP) is 3.01. The van der Waals surface area contributed by atoms with Crippen LogP contribution in [0, 0.1) is 0 Å². The number of benzene rings is 1. The summed E-state index contributed by atoms with van der Waals surface area (Å²) in [5.41, 5.74) is 1.09. The van der Waals surface area contributed by atoms with Gasteiger partial charge in [0.2, 0.25) is 0 Å². The van der Waals surface area contributed by atoms with Crippen LogP contribution in [0.1, 0.15) is 31.2 Å². The van der Waals surface area contributed by atoms with Crippen molar-refractivity contribution in [2.24, 2.45) is 4.99 Å². The van der Waals surface area contributed by atoms with Gasteiger partial charge in [0, 0.05) is 39.1 Å². The fourth-order valence-corrected chi connectivity index (χ4v) is 4.29. The molecule has 0 atom stereocenters. The van der Waals surface area contributed by atoms with Crippen LogP contribution in [0.3, 0.4) is 0 Å². The summed E-state index contributed by atoms with van der Waals surface area (Å²) in [4.78, 5) is 22.5. The number of carbonyl (C=O) groups is 1. The van der Waals surface area contributed by atoms with E-state index in [-0.39, 0.29) is 6.09 Å². The summed E-state index contributed by atoms with van der Waals surface area (Å²) in [6.45, 7) is 4.52. The number of guanidine groups is 1. The lowest BCUT2D eigenvalue weighted by atomic mass is 10.1. The highest BCUT2D eigenvalue weighted by molar-refractivity contribution is 7.18. The van der Waals surface area contributed by atoms with Gasteiger partial charge in [-0.05, 0) is 38.3 Å². The van der Waals surface area contributed by atoms with Crippen LogP contribution < -0.4 is 10.6 Å². The van der Waals surface area contributed by atoms with Crippen LogP contribution in [0.15, 0.2) is 29.3 Å². The van der Waals surface area contributed by atoms with Crippen molar-refractivity contribution < 1.29 is 9.53 Å². The molecule has 0 radical (unpaired) electrons. The van der Waals surface area contributed by atoms with Gasteiger partial charge in [-0.3, -0.25) is 4.99 Å². The molecule has 7 nitrogen and oxygen atoms in total. The Labute approximate surface area is 170 Å². The number of likely N-dealkylation sites (tertiary alicyclic amines) is 1. The van der Waals surface area contributed by atoms with Crippen LogP contribution in [0.4, 0.5) is 4.79 Å². The highest BCUT2D eigenvalue weighted by atomic mass is 32.1. The zero-order chi connectivity index (χ0) is 19.8. The van der Waals surface area contributed by atoms with E-state index < -0.39 is 0 Å². The Bertz CT molecular complexity index is 766. The highest BCUT2D eigenvalue weighted by Gasteiger charge is 2.23. The smallest absolute Gasteiger partial charge is 0.409 e. The first-order valence-corrected chi connectivity index (χ1v) is 10.7. The standard InChI is InChI=1S/C20H29N5O2S/c1-3-27-20(26)25-13-10-15(11-14-25)23-19(21-2)22-12-6-9-18-24-16-7-4-5-8-17(16)28-18/h4-5,7-8,15H,3,6,9-14H2,1-2H3,(H2,21,22,23). The Kier molecular flexibility index (Phi) is 7.47. The second kappa shape index (κ2) is 10.3. The van der Waals surface area contributed by atoms with Gasteiger partial charge in [0.25, 0.3) is 0 Å². The second-order valence-corrected chi connectivity index (χ2v) is 7.90. The number of fused-ring (bicyclic) bond motifs is 1. The summed E-state index contributed by atoms with van der Waals surface area (Å²) in [5.74, 6) is 0.818. The number of nitrogens with zero attached hydrogens (tertiary/aromatic N) is 3. The molecule has 0 spiro atoms. The maximum absolute atomic E-state index is 11.8. The summed E-state index contributed by atoms with van der Waals surface area (Å²) in [7, 11) is 1.79. The highest BCUT2D eigenvalue weighted by Crippen LogP contribution is 2.22. The van der Waals surface area contributed by atoms with Gasteiger partial charge < -0.3 is 20.3 Å². The third-order valence-electron chi connectivity index (χ3n) is 4.78. The molecule has 2 heterocycles. The van der Waals surface area contributed by atoms with Crippen LogP contribution in [-0.4, -0.2) is 61.3 Å². The Morgan fingerprint density at radius 2 is 2.14 bits per heavy atom. The quantitative estimate of drug-likeness (QED) is 0.440. The van der Waals surface area contributed by atoms with Crippen molar-refractivity contribution >= 4 is 33.6 Å². The predicted molar refractivity (Wildman–Crippen MR) is 114 cm³/mol. The minimum Gasteiger partial charge on any atom is -0.450 e. The number of aromatic nitrogens is 1. The molecule has 3 rings (SSSR count). The summed E-state index contributed by atoms with van der Waals surface area (Å²) >= 11 is 1.77. The molecule has 1 aromatic carbocycles. The molecule has 1 aliphatic heterocycles. The largest absolute Gasteiger partial charge is 0.450 e. The Morgan fingerprint density at radius 3 is 2.86 bits per heavy atom. The van der Waals surface area contributed by atoms with Crippen LogP contribution in [-0.2, 0) is 11.2 Å². The molecule has 0 bridgehead atoms. The van der Waals surface area contributed by atoms with Gasteiger partial charge in [-0.15, -0.1) is 11.3 Å². The lowest BCUT2D eigenvalue weighted by Gasteiger charge is -2.32. The maximum atomic E-state index is 11.8. The van der Waals surface area contributed by atoms with Crippen molar-refractivity contribution in [1.82, 2.24) is 20.5 Å². The number of hydrogen-bond donors (Lipinski definition) is 2. The van der Waals surface area contributed by atoms with E-state index in [0.29, 0.717) is 25.7 Å². The molecular formula is C20H29N5O2S. The van der Waals surface area contributed by atoms with Gasteiger partial charge in [0.15, 0.2) is 5.96 Å². The number of aliphatic imine (C=N–C) groups is 1. The molecular weight excluding hydrogens is 374 g/mol. The van der Waals surface area contributed by atoms with Crippen molar-refractivity contribution in [3.8, 4) is 0 Å². The molecule has 8 heteroatoms. The first kappa shape index (κ1) is 20.4. The van der Waals surface area contributed by atoms with E-state index in [1.807, 2.05) is 13.0 Å². The minimum absolute atomic E-state index is 0.210. The molecule has 152 valence electrons. The van der Waals surface area contributed by atoms with Crippen molar-refractivity contribution in [1.29, 1.82) is 0 Å². The van der Waals surface area contributed by atoms with E-state index in [1.54, 1.807) is 23.3 Å². The molecule has 0 unspecified atom stereocenters. The normalized spacial score (nSPS) is 15.6. The van der Waals surface area contributed by atoms with Crippen LogP contribution in [0.5, 0.6) is 0 Å². The summed E-state index contributed by atoms with van der Waals surface area (Å²) < 4.78 is 6.31. The number of nitrogens with one attached hydrogen (secondary N) is 2. The topological polar surface area (TPSA) is 78.8 Å². The van der Waals surface area contributed by atoms with Gasteiger partial charge in [0.05, 0.1) is 21.8 Å². The van der Waals surface area contributed by atoms with Crippen LogP contribution in [0.25, 0.3) is 10.2 Å². The number of hydrogen-bond acceptors (Lipinski definition) is 5. The van der Waals surface area contributed by atoms with E-state index in [1.165, 1.54) is 9.71 Å². The summed E-state index contributed by atoms with van der Waals surface area (Å²) in [6.07, 6.45) is 3.54. The van der Waals surface area contributed by atoms with E-state index in [2.05, 4.69) is 38.8 Å². The number of carbonyl (C=O) groups excluding carboxylic acids is 1. The Balaban J connectivity index is 1.36. The molecule has 1 aromatic heterocycles. The Morgan fingerprint density at radius 1 is 1.36 bits per heavy atom. The van der Waals surface area contributed by atoms with E-state index in [4.69, 9.17) is 4.74 Å². The average molecular weight is 404 g/mol. The van der Waals surface area contributed by atoms with Gasteiger partial charge in [-0.25, -0.2) is 9.78 Å². The van der Waals surface area contributed by atoms with Crippen molar-refractivity contribution in [3.63, 3.8) is 0 Å². The number of aryl methyl sites for hydroxylation is 1. The summed E-state index contributed by atoms with van der Waals surface area (Å²) in [6, 6.07) is 8.58. The molecule has 2 aromatic rings. The number of rotatable bonds is 6. The lowest BCUT2D eigenvalue weighted by molar-refractivity contribution is 0.0963. The molecule has 1 fully saturated rings. The molecule has 0 aliphatic carbocycles. The van der Waals surface area contributed by atoms with Gasteiger partial charge >= 0.3 is 6.09 Å².